The Morgan fingerprint density at radius 2 is 2.20 bits per heavy atom. The van der Waals surface area contributed by atoms with Crippen molar-refractivity contribution in [2.24, 2.45) is 0 Å². The van der Waals surface area contributed by atoms with E-state index in [4.69, 9.17) is 0 Å². The van der Waals surface area contributed by atoms with Gasteiger partial charge in [0.25, 0.3) is 0 Å². The molecule has 0 unspecified atom stereocenters. The summed E-state index contributed by atoms with van der Waals surface area (Å²) in [5.41, 5.74) is 0. The molecule has 20 heavy (non-hydrogen) atoms. The Kier molecular flexibility index (Phi) is 7.91. The highest BCUT2D eigenvalue weighted by Crippen LogP contribution is 2.07. The first-order chi connectivity index (χ1) is 9.61. The van der Waals surface area contributed by atoms with Crippen molar-refractivity contribution in [3.63, 3.8) is 0 Å². The minimum atomic E-state index is -0.421. The lowest BCUT2D eigenvalue weighted by atomic mass is 10.3. The number of carbonyl (C=O) groups is 2. The number of nitrogens with one attached hydrogen (secondary N) is 2. The number of hydrogen-bond acceptors (Lipinski definition) is 4. The van der Waals surface area contributed by atoms with Gasteiger partial charge in [0.15, 0.2) is 0 Å². The number of urea groups is 1. The average Bonchev–Trinajstić information content (AvgIpc) is 2.89. The maximum absolute atomic E-state index is 11.6. The fourth-order valence-corrected chi connectivity index (χ4v) is 2.43. The number of imide groups is 1. The van der Waals surface area contributed by atoms with E-state index in [1.165, 1.54) is 4.88 Å². The Labute approximate surface area is 124 Å². The van der Waals surface area contributed by atoms with Gasteiger partial charge in [-0.15, -0.1) is 11.3 Å². The largest absolute Gasteiger partial charge is 0.337 e. The molecule has 0 atom stereocenters. The molecule has 2 N–H and O–H groups in total. The zero-order valence-electron chi connectivity index (χ0n) is 12.1. The van der Waals surface area contributed by atoms with Crippen molar-refractivity contribution < 1.29 is 9.59 Å². The fourth-order valence-electron chi connectivity index (χ4n) is 1.72. The monoisotopic (exact) mass is 297 g/mol. The van der Waals surface area contributed by atoms with Gasteiger partial charge in [0.2, 0.25) is 5.91 Å². The quantitative estimate of drug-likeness (QED) is 0.770. The molecule has 0 aliphatic heterocycles. The molecule has 0 bridgehead atoms. The third-order valence-corrected chi connectivity index (χ3v) is 3.73. The first kappa shape index (κ1) is 16.7. The predicted octanol–water partition coefficient (Wildman–Crippen LogP) is 1.85. The Morgan fingerprint density at radius 3 is 2.85 bits per heavy atom. The first-order valence-electron chi connectivity index (χ1n) is 6.90. The summed E-state index contributed by atoms with van der Waals surface area (Å²) < 4.78 is 0. The molecule has 1 heterocycles. The van der Waals surface area contributed by atoms with E-state index in [2.05, 4.69) is 17.6 Å². The smallest absolute Gasteiger partial charge is 0.321 e. The number of amides is 3. The maximum atomic E-state index is 11.6. The number of nitrogens with zero attached hydrogens (tertiary/aromatic N) is 1. The molecule has 0 fully saturated rings. The van der Waals surface area contributed by atoms with Gasteiger partial charge in [0.1, 0.15) is 0 Å². The van der Waals surface area contributed by atoms with Crippen LogP contribution in [0.3, 0.4) is 0 Å². The molecule has 1 aromatic heterocycles. The molecule has 0 aliphatic carbocycles. The summed E-state index contributed by atoms with van der Waals surface area (Å²) in [6.07, 6.45) is 2.93. The van der Waals surface area contributed by atoms with Crippen LogP contribution in [0.15, 0.2) is 17.5 Å². The lowest BCUT2D eigenvalue weighted by Crippen LogP contribution is -2.44. The van der Waals surface area contributed by atoms with Crippen molar-refractivity contribution in [3.05, 3.63) is 22.4 Å². The predicted molar refractivity (Wildman–Crippen MR) is 82.0 cm³/mol. The highest BCUT2D eigenvalue weighted by atomic mass is 32.1. The average molecular weight is 297 g/mol. The van der Waals surface area contributed by atoms with E-state index in [9.17, 15) is 9.59 Å². The van der Waals surface area contributed by atoms with Crippen LogP contribution in [0, 0.1) is 0 Å². The summed E-state index contributed by atoms with van der Waals surface area (Å²) in [5, 5.41) is 7.03. The van der Waals surface area contributed by atoms with Gasteiger partial charge >= 0.3 is 6.03 Å². The second-order valence-electron chi connectivity index (χ2n) is 4.72. The third kappa shape index (κ3) is 7.25. The molecule has 6 heteroatoms. The van der Waals surface area contributed by atoms with Crippen LogP contribution in [-0.2, 0) is 11.2 Å². The van der Waals surface area contributed by atoms with E-state index in [0.29, 0.717) is 6.54 Å². The Morgan fingerprint density at radius 1 is 1.40 bits per heavy atom. The van der Waals surface area contributed by atoms with Crippen molar-refractivity contribution in [1.29, 1.82) is 0 Å². The molecule has 5 nitrogen and oxygen atoms in total. The molecule has 0 spiro atoms. The molecular formula is C14H23N3O2S. The lowest BCUT2D eigenvalue weighted by Gasteiger charge is -2.15. The summed E-state index contributed by atoms with van der Waals surface area (Å²) >= 11 is 1.66. The fraction of sp³-hybridized carbons (Fsp3) is 0.571. The SMILES string of the molecule is CCCCN(C)CC(=O)NC(=O)NCCc1cccs1. The Hall–Kier alpha value is -1.40. The summed E-state index contributed by atoms with van der Waals surface area (Å²) in [6, 6.07) is 3.59. The number of hydrogen-bond donors (Lipinski definition) is 2. The van der Waals surface area contributed by atoms with Crippen LogP contribution >= 0.6 is 11.3 Å². The number of unbranched alkanes of at least 4 members (excludes halogenated alkanes) is 1. The Bertz CT molecular complexity index is 407. The molecule has 1 aromatic rings. The van der Waals surface area contributed by atoms with E-state index >= 15 is 0 Å². The summed E-state index contributed by atoms with van der Waals surface area (Å²) in [6.45, 7) is 3.75. The van der Waals surface area contributed by atoms with Crippen LogP contribution in [0.25, 0.3) is 0 Å². The van der Waals surface area contributed by atoms with Crippen molar-refractivity contribution in [2.75, 3.05) is 26.7 Å². The van der Waals surface area contributed by atoms with Gasteiger partial charge in [-0.2, -0.15) is 0 Å². The van der Waals surface area contributed by atoms with Crippen molar-refractivity contribution in [3.8, 4) is 0 Å². The van der Waals surface area contributed by atoms with Crippen LogP contribution in [0.1, 0.15) is 24.6 Å². The van der Waals surface area contributed by atoms with Gasteiger partial charge in [0.05, 0.1) is 6.54 Å². The normalized spacial score (nSPS) is 10.6. The number of thiophene rings is 1. The molecular weight excluding hydrogens is 274 g/mol. The maximum Gasteiger partial charge on any atom is 0.321 e. The second-order valence-corrected chi connectivity index (χ2v) is 5.76. The van der Waals surface area contributed by atoms with Crippen LogP contribution < -0.4 is 10.6 Å². The topological polar surface area (TPSA) is 61.4 Å². The minimum absolute atomic E-state index is 0.248. The zero-order chi connectivity index (χ0) is 14.8. The molecule has 0 aromatic carbocycles. The van der Waals surface area contributed by atoms with E-state index in [0.717, 1.165) is 25.8 Å². The van der Waals surface area contributed by atoms with Gasteiger partial charge in [0, 0.05) is 11.4 Å². The van der Waals surface area contributed by atoms with Crippen molar-refractivity contribution in [1.82, 2.24) is 15.5 Å². The minimum Gasteiger partial charge on any atom is -0.337 e. The second kappa shape index (κ2) is 9.50. The summed E-state index contributed by atoms with van der Waals surface area (Å²) in [7, 11) is 1.88. The molecule has 1 rings (SSSR count). The highest BCUT2D eigenvalue weighted by Gasteiger charge is 2.09. The van der Waals surface area contributed by atoms with Crippen LogP contribution in [-0.4, -0.2) is 43.5 Å². The molecule has 0 aliphatic rings. The molecule has 0 saturated carbocycles. The van der Waals surface area contributed by atoms with Crippen molar-refractivity contribution in [2.45, 2.75) is 26.2 Å². The Balaban J connectivity index is 2.13. The van der Waals surface area contributed by atoms with E-state index in [1.54, 1.807) is 11.3 Å². The number of rotatable bonds is 8. The van der Waals surface area contributed by atoms with Gasteiger partial charge in [-0.1, -0.05) is 19.4 Å². The van der Waals surface area contributed by atoms with Gasteiger partial charge in [-0.3, -0.25) is 15.0 Å². The molecule has 0 saturated heterocycles. The van der Waals surface area contributed by atoms with E-state index < -0.39 is 6.03 Å². The van der Waals surface area contributed by atoms with Crippen LogP contribution in [0.2, 0.25) is 0 Å². The van der Waals surface area contributed by atoms with Gasteiger partial charge in [-0.25, -0.2) is 4.79 Å². The molecule has 3 amide bonds. The third-order valence-electron chi connectivity index (χ3n) is 2.80. The zero-order valence-corrected chi connectivity index (χ0v) is 13.0. The summed E-state index contributed by atoms with van der Waals surface area (Å²) in [5.74, 6) is -0.266. The van der Waals surface area contributed by atoms with Gasteiger partial charge in [-0.05, 0) is 37.9 Å². The summed E-state index contributed by atoms with van der Waals surface area (Å²) in [4.78, 5) is 26.3. The number of likely N-dealkylation sites (N-methyl/N-ethyl adjacent to an activating group) is 1. The molecule has 0 radical (unpaired) electrons. The standard InChI is InChI=1S/C14H23N3O2S/c1-3-4-9-17(2)11-13(18)16-14(19)15-8-7-12-6-5-10-20-12/h5-6,10H,3-4,7-9,11H2,1-2H3,(H2,15,16,18,19). The number of carbonyl (C=O) groups excluding carboxylic acids is 2. The van der Waals surface area contributed by atoms with E-state index in [1.807, 2.05) is 29.5 Å². The lowest BCUT2D eigenvalue weighted by molar-refractivity contribution is -0.120. The molecule has 112 valence electrons. The van der Waals surface area contributed by atoms with Gasteiger partial charge < -0.3 is 5.32 Å². The highest BCUT2D eigenvalue weighted by molar-refractivity contribution is 7.09. The van der Waals surface area contributed by atoms with Crippen LogP contribution in [0.5, 0.6) is 0 Å². The van der Waals surface area contributed by atoms with E-state index in [-0.39, 0.29) is 12.5 Å². The van der Waals surface area contributed by atoms with Crippen molar-refractivity contribution >= 4 is 23.3 Å². The van der Waals surface area contributed by atoms with Crippen LogP contribution in [0.4, 0.5) is 4.79 Å². The first-order valence-corrected chi connectivity index (χ1v) is 7.78.